The highest BCUT2D eigenvalue weighted by molar-refractivity contribution is 6.25. The largest absolute Gasteiger partial charge is 0.506 e. The first-order valence-electron chi connectivity index (χ1n) is 15.5. The second-order valence-electron chi connectivity index (χ2n) is 12.4. The van der Waals surface area contributed by atoms with Gasteiger partial charge < -0.3 is 70.8 Å². The van der Waals surface area contributed by atoms with E-state index in [1.165, 1.54) is 30.3 Å². The van der Waals surface area contributed by atoms with E-state index in [1.54, 1.807) is 13.0 Å². The van der Waals surface area contributed by atoms with Gasteiger partial charge in [-0.1, -0.05) is 13.0 Å². The number of hydrogen-bond acceptors (Lipinski definition) is 14. The molecule has 0 bridgehead atoms. The second-order valence-corrected chi connectivity index (χ2v) is 12.4. The molecule has 8 aromatic rings. The quantitative estimate of drug-likeness (QED) is 0.0495. The highest BCUT2D eigenvalue weighted by atomic mass is 16.4. The Kier molecular flexibility index (Phi) is 6.42. The molecule has 52 heavy (non-hydrogen) atoms. The molecular formula is C38H26O14. The van der Waals surface area contributed by atoms with Crippen LogP contribution in [0.1, 0.15) is 12.5 Å². The number of furan rings is 1. The van der Waals surface area contributed by atoms with E-state index >= 15 is 0 Å². The van der Waals surface area contributed by atoms with Crippen molar-refractivity contribution in [1.29, 1.82) is 0 Å². The van der Waals surface area contributed by atoms with Gasteiger partial charge >= 0.3 is 0 Å². The standard InChI is InChI=1S/C38H26O14/c1-2-11-3-12(6-24-27(11)30-32(46)28-29(35(49)38(30)52-24)34(48)37(51)36(50)33(28)47)25-14-7-18(39)20(41)9-16(14)26(13-4-22(43)31(45)23(44)5-13)17-10-21(42)19(40)8-15(17)25/h3-10,39-51H,2H2,1H3. The van der Waals surface area contributed by atoms with Gasteiger partial charge in [-0.25, -0.2) is 0 Å². The smallest absolute Gasteiger partial charge is 0.205 e. The van der Waals surface area contributed by atoms with E-state index < -0.39 is 85.5 Å². The van der Waals surface area contributed by atoms with Gasteiger partial charge in [-0.2, -0.15) is 0 Å². The molecule has 0 spiro atoms. The van der Waals surface area contributed by atoms with Gasteiger partial charge in [0.2, 0.25) is 11.5 Å². The van der Waals surface area contributed by atoms with E-state index in [-0.39, 0.29) is 61.0 Å². The van der Waals surface area contributed by atoms with E-state index in [1.807, 2.05) is 0 Å². The second kappa shape index (κ2) is 10.5. The summed E-state index contributed by atoms with van der Waals surface area (Å²) in [6.45, 7) is 1.78. The first-order valence-corrected chi connectivity index (χ1v) is 15.5. The van der Waals surface area contributed by atoms with E-state index in [0.29, 0.717) is 16.7 Å². The van der Waals surface area contributed by atoms with Crippen molar-refractivity contribution in [2.75, 3.05) is 0 Å². The number of fused-ring (bicyclic) bond motifs is 6. The summed E-state index contributed by atoms with van der Waals surface area (Å²) in [6.07, 6.45) is 0.271. The number of benzene rings is 7. The van der Waals surface area contributed by atoms with Crippen LogP contribution in [0.4, 0.5) is 0 Å². The van der Waals surface area contributed by atoms with Crippen molar-refractivity contribution in [3.05, 3.63) is 54.1 Å². The van der Waals surface area contributed by atoms with Crippen molar-refractivity contribution in [1.82, 2.24) is 0 Å². The van der Waals surface area contributed by atoms with E-state index in [9.17, 15) is 66.4 Å². The molecule has 0 fully saturated rings. The molecule has 0 saturated heterocycles. The van der Waals surface area contributed by atoms with Crippen molar-refractivity contribution < 1.29 is 70.8 Å². The Balaban J connectivity index is 1.55. The Morgan fingerprint density at radius 3 is 1.25 bits per heavy atom. The van der Waals surface area contributed by atoms with Crippen LogP contribution in [0, 0.1) is 0 Å². The molecule has 14 nitrogen and oxygen atoms in total. The number of aryl methyl sites for hydroxylation is 1. The van der Waals surface area contributed by atoms with Crippen LogP contribution >= 0.6 is 0 Å². The summed E-state index contributed by atoms with van der Waals surface area (Å²) in [5, 5.41) is 138. The summed E-state index contributed by atoms with van der Waals surface area (Å²) in [7, 11) is 0. The minimum Gasteiger partial charge on any atom is -0.506 e. The van der Waals surface area contributed by atoms with Crippen molar-refractivity contribution in [3.63, 3.8) is 0 Å². The maximum atomic E-state index is 11.4. The third-order valence-corrected chi connectivity index (χ3v) is 9.53. The Morgan fingerprint density at radius 1 is 0.385 bits per heavy atom. The Morgan fingerprint density at radius 2 is 0.808 bits per heavy atom. The van der Waals surface area contributed by atoms with Crippen LogP contribution in [0.15, 0.2) is 52.9 Å². The predicted octanol–water partition coefficient (Wildman–Crippen LogP) is 7.11. The van der Waals surface area contributed by atoms with Crippen LogP contribution in [-0.4, -0.2) is 66.4 Å². The van der Waals surface area contributed by atoms with E-state index in [2.05, 4.69) is 0 Å². The van der Waals surface area contributed by atoms with Crippen LogP contribution in [0.5, 0.6) is 74.7 Å². The van der Waals surface area contributed by atoms with Crippen molar-refractivity contribution in [3.8, 4) is 97.0 Å². The van der Waals surface area contributed by atoms with Gasteiger partial charge in [0.05, 0.1) is 16.2 Å². The zero-order valence-corrected chi connectivity index (χ0v) is 26.5. The van der Waals surface area contributed by atoms with E-state index in [0.717, 1.165) is 12.1 Å². The van der Waals surface area contributed by atoms with Crippen LogP contribution in [0.2, 0.25) is 0 Å². The number of rotatable bonds is 3. The molecule has 0 radical (unpaired) electrons. The highest BCUT2D eigenvalue weighted by Gasteiger charge is 2.30. The zero-order valence-electron chi connectivity index (χ0n) is 26.5. The van der Waals surface area contributed by atoms with Gasteiger partial charge in [-0.05, 0) is 98.2 Å². The molecular weight excluding hydrogens is 680 g/mol. The maximum absolute atomic E-state index is 11.4. The molecule has 13 N–H and O–H groups in total. The normalized spacial score (nSPS) is 11.9. The summed E-state index contributed by atoms with van der Waals surface area (Å²) in [6, 6.07) is 10.4. The number of phenols is 13. The van der Waals surface area contributed by atoms with Crippen LogP contribution in [-0.2, 0) is 6.42 Å². The molecule has 0 aliphatic rings. The van der Waals surface area contributed by atoms with Gasteiger partial charge in [0.25, 0.3) is 0 Å². The first kappa shape index (κ1) is 31.8. The van der Waals surface area contributed by atoms with Crippen LogP contribution in [0.3, 0.4) is 0 Å². The molecule has 262 valence electrons. The molecule has 1 aromatic heterocycles. The van der Waals surface area contributed by atoms with Crippen molar-refractivity contribution >= 4 is 54.3 Å². The summed E-state index contributed by atoms with van der Waals surface area (Å²) in [4.78, 5) is 0. The maximum Gasteiger partial charge on any atom is 0.205 e. The zero-order chi connectivity index (χ0) is 37.2. The summed E-state index contributed by atoms with van der Waals surface area (Å²) in [5.41, 5.74) is 1.22. The lowest BCUT2D eigenvalue weighted by atomic mass is 9.84. The Bertz CT molecular complexity index is 2830. The third kappa shape index (κ3) is 4.05. The molecule has 0 saturated carbocycles. The minimum atomic E-state index is -1.14. The molecule has 0 unspecified atom stereocenters. The summed E-state index contributed by atoms with van der Waals surface area (Å²) in [5.74, 6) is -10.1. The van der Waals surface area contributed by atoms with Gasteiger partial charge in [0.15, 0.2) is 63.1 Å². The third-order valence-electron chi connectivity index (χ3n) is 9.53. The highest BCUT2D eigenvalue weighted by Crippen LogP contribution is 2.58. The molecule has 0 atom stereocenters. The fraction of sp³-hybridized carbons (Fsp3) is 0.0526. The Labute approximate surface area is 289 Å². The molecule has 0 aliphatic heterocycles. The molecule has 0 amide bonds. The van der Waals surface area contributed by atoms with Gasteiger partial charge in [0.1, 0.15) is 11.3 Å². The van der Waals surface area contributed by atoms with Crippen LogP contribution < -0.4 is 0 Å². The van der Waals surface area contributed by atoms with Crippen molar-refractivity contribution in [2.24, 2.45) is 0 Å². The molecule has 0 aliphatic carbocycles. The molecule has 1 heterocycles. The molecule has 14 heteroatoms. The van der Waals surface area contributed by atoms with Gasteiger partial charge in [0, 0.05) is 5.39 Å². The molecule has 8 rings (SSSR count). The monoisotopic (exact) mass is 706 g/mol. The Hall–Kier alpha value is -7.48. The van der Waals surface area contributed by atoms with Gasteiger partial charge in [-0.3, -0.25) is 0 Å². The number of aromatic hydroxyl groups is 13. The average molecular weight is 707 g/mol. The molecule has 7 aromatic carbocycles. The predicted molar refractivity (Wildman–Crippen MR) is 188 cm³/mol. The first-order chi connectivity index (χ1) is 24.6. The lowest BCUT2D eigenvalue weighted by Gasteiger charge is -2.20. The fourth-order valence-electron chi connectivity index (χ4n) is 7.17. The lowest BCUT2D eigenvalue weighted by molar-refractivity contribution is 0.349. The average Bonchev–Trinajstić information content (AvgIpc) is 3.50. The summed E-state index contributed by atoms with van der Waals surface area (Å²) < 4.78 is 6.08. The van der Waals surface area contributed by atoms with E-state index in [4.69, 9.17) is 4.42 Å². The topological polar surface area (TPSA) is 276 Å². The van der Waals surface area contributed by atoms with Crippen LogP contribution in [0.25, 0.3) is 76.5 Å². The minimum absolute atomic E-state index is 0.0578. The van der Waals surface area contributed by atoms with Crippen molar-refractivity contribution in [2.45, 2.75) is 13.3 Å². The number of hydrogen-bond donors (Lipinski definition) is 13. The lowest BCUT2D eigenvalue weighted by Crippen LogP contribution is -1.93. The summed E-state index contributed by atoms with van der Waals surface area (Å²) >= 11 is 0. The fourth-order valence-corrected chi connectivity index (χ4v) is 7.17. The SMILES string of the molecule is CCc1cc(-c2c3cc(O)c(O)cc3c(-c3cc(O)c(O)c(O)c3)c3cc(O)c(O)cc23)cc2oc3c(O)c4c(O)c(O)c(O)c(O)c4c(O)c3c12. The van der Waals surface area contributed by atoms with Gasteiger partial charge in [-0.15, -0.1) is 0 Å². The number of phenolic OH excluding ortho intramolecular Hbond substituents is 13.